The molecular formula is C17H19N3O5. The number of hydrogen-bond acceptors (Lipinski definition) is 6. The van der Waals surface area contributed by atoms with E-state index in [4.69, 9.17) is 9.26 Å². The summed E-state index contributed by atoms with van der Waals surface area (Å²) >= 11 is 0. The van der Waals surface area contributed by atoms with Gasteiger partial charge in [0.15, 0.2) is 6.61 Å². The number of rotatable bonds is 6. The summed E-state index contributed by atoms with van der Waals surface area (Å²) in [6, 6.07) is 8.70. The number of carbonyl (C=O) groups excluding carboxylic acids is 3. The molecule has 0 unspecified atom stereocenters. The van der Waals surface area contributed by atoms with Crippen molar-refractivity contribution in [3.63, 3.8) is 0 Å². The number of anilines is 1. The summed E-state index contributed by atoms with van der Waals surface area (Å²) in [5.74, 6) is -1.72. The molecule has 1 N–H and O–H groups in total. The molecule has 0 saturated heterocycles. The second-order valence-corrected chi connectivity index (χ2v) is 5.57. The van der Waals surface area contributed by atoms with Crippen LogP contribution in [0, 0.1) is 13.8 Å². The summed E-state index contributed by atoms with van der Waals surface area (Å²) in [5, 5.41) is 6.24. The van der Waals surface area contributed by atoms with E-state index < -0.39 is 18.5 Å². The molecule has 0 aliphatic carbocycles. The molecule has 0 aliphatic rings. The lowest BCUT2D eigenvalue weighted by atomic mass is 10.2. The van der Waals surface area contributed by atoms with Gasteiger partial charge in [-0.05, 0) is 26.0 Å². The van der Waals surface area contributed by atoms with E-state index in [1.165, 1.54) is 18.0 Å². The number of esters is 1. The molecular weight excluding hydrogens is 326 g/mol. The van der Waals surface area contributed by atoms with Crippen LogP contribution in [0.15, 0.2) is 34.9 Å². The minimum absolute atomic E-state index is 0.0786. The zero-order chi connectivity index (χ0) is 18.4. The van der Waals surface area contributed by atoms with Crippen LogP contribution in [0.5, 0.6) is 0 Å². The van der Waals surface area contributed by atoms with Gasteiger partial charge in [0.25, 0.3) is 5.91 Å². The van der Waals surface area contributed by atoms with Gasteiger partial charge in [0.2, 0.25) is 11.7 Å². The summed E-state index contributed by atoms with van der Waals surface area (Å²) in [6.07, 6.45) is 0. The Hall–Kier alpha value is -3.16. The lowest BCUT2D eigenvalue weighted by Gasteiger charge is -2.16. The molecule has 0 aliphatic heterocycles. The first kappa shape index (κ1) is 18.2. The average Bonchev–Trinajstić information content (AvgIpc) is 3.00. The van der Waals surface area contributed by atoms with Crippen LogP contribution >= 0.6 is 0 Å². The predicted octanol–water partition coefficient (Wildman–Crippen LogP) is 1.55. The number of amides is 2. The van der Waals surface area contributed by atoms with E-state index in [0.29, 0.717) is 11.4 Å². The number of ether oxygens (including phenoxy) is 1. The maximum absolute atomic E-state index is 11.9. The topological polar surface area (TPSA) is 102 Å². The molecule has 8 heteroatoms. The number of nitrogens with zero attached hydrogens (tertiary/aromatic N) is 2. The first-order valence-corrected chi connectivity index (χ1v) is 7.56. The quantitative estimate of drug-likeness (QED) is 0.797. The van der Waals surface area contributed by atoms with E-state index in [-0.39, 0.29) is 18.2 Å². The number of carbonyl (C=O) groups is 3. The van der Waals surface area contributed by atoms with Crippen LogP contribution in [-0.2, 0) is 14.3 Å². The minimum atomic E-state index is -0.786. The fraction of sp³-hybridized carbons (Fsp3) is 0.294. The summed E-state index contributed by atoms with van der Waals surface area (Å²) in [6.45, 7) is 2.95. The fourth-order valence-corrected chi connectivity index (χ4v) is 1.91. The maximum atomic E-state index is 11.9. The molecule has 0 fully saturated rings. The zero-order valence-electron chi connectivity index (χ0n) is 14.2. The number of nitrogens with one attached hydrogen (secondary N) is 1. The number of benzene rings is 1. The lowest BCUT2D eigenvalue weighted by molar-refractivity contribution is -0.136. The Balaban J connectivity index is 1.78. The van der Waals surface area contributed by atoms with Gasteiger partial charge in [-0.25, -0.2) is 4.79 Å². The van der Waals surface area contributed by atoms with Crippen molar-refractivity contribution < 1.29 is 23.6 Å². The van der Waals surface area contributed by atoms with Crippen LogP contribution in [0.1, 0.15) is 21.8 Å². The highest BCUT2D eigenvalue weighted by atomic mass is 16.6. The Kier molecular flexibility index (Phi) is 5.89. The molecule has 0 atom stereocenters. The van der Waals surface area contributed by atoms with Crippen LogP contribution in [0.25, 0.3) is 0 Å². The van der Waals surface area contributed by atoms with Gasteiger partial charge in [0.05, 0.1) is 12.2 Å². The van der Waals surface area contributed by atoms with Crippen LogP contribution in [0.3, 0.4) is 0 Å². The molecule has 2 amide bonds. The smallest absolute Gasteiger partial charge is 0.377 e. The maximum Gasteiger partial charge on any atom is 0.377 e. The fourth-order valence-electron chi connectivity index (χ4n) is 1.91. The van der Waals surface area contributed by atoms with Gasteiger partial charge in [-0.15, -0.1) is 0 Å². The van der Waals surface area contributed by atoms with Gasteiger partial charge in [0.1, 0.15) is 0 Å². The molecule has 1 heterocycles. The van der Waals surface area contributed by atoms with Gasteiger partial charge < -0.3 is 19.5 Å². The zero-order valence-corrected chi connectivity index (χ0v) is 14.2. The van der Waals surface area contributed by atoms with Gasteiger partial charge in [0, 0.05) is 18.8 Å². The highest BCUT2D eigenvalue weighted by Gasteiger charge is 2.18. The molecule has 1 aromatic carbocycles. The standard InChI is InChI=1S/C17H19N3O5/c1-11-4-6-13(7-5-11)18-15(21)9-20(3)16(22)10-24-17(23)14-8-12(2)19-25-14/h4-8H,9-10H2,1-3H3,(H,18,21). The Morgan fingerprint density at radius 3 is 2.48 bits per heavy atom. The number of hydrogen-bond donors (Lipinski definition) is 1. The van der Waals surface area contributed by atoms with E-state index in [2.05, 4.69) is 10.5 Å². The van der Waals surface area contributed by atoms with E-state index in [0.717, 1.165) is 5.56 Å². The molecule has 132 valence electrons. The summed E-state index contributed by atoms with van der Waals surface area (Å²) < 4.78 is 9.59. The second-order valence-electron chi connectivity index (χ2n) is 5.57. The molecule has 2 rings (SSSR count). The van der Waals surface area contributed by atoms with Gasteiger partial charge in [-0.1, -0.05) is 22.9 Å². The van der Waals surface area contributed by atoms with Crippen molar-refractivity contribution in [2.75, 3.05) is 25.5 Å². The van der Waals surface area contributed by atoms with Crippen molar-refractivity contribution in [3.8, 4) is 0 Å². The molecule has 0 bridgehead atoms. The number of likely N-dealkylation sites (N-methyl/N-ethyl adjacent to an activating group) is 1. The number of aryl methyl sites for hydroxylation is 2. The minimum Gasteiger partial charge on any atom is -0.450 e. The lowest BCUT2D eigenvalue weighted by Crippen LogP contribution is -2.37. The highest BCUT2D eigenvalue weighted by molar-refractivity contribution is 5.95. The number of aromatic nitrogens is 1. The molecule has 2 aromatic rings. The largest absolute Gasteiger partial charge is 0.450 e. The van der Waals surface area contributed by atoms with Crippen molar-refractivity contribution in [3.05, 3.63) is 47.3 Å². The van der Waals surface area contributed by atoms with E-state index in [1.54, 1.807) is 19.1 Å². The normalized spacial score (nSPS) is 10.2. The molecule has 0 radical (unpaired) electrons. The molecule has 0 saturated carbocycles. The Labute approximate surface area is 144 Å². The predicted molar refractivity (Wildman–Crippen MR) is 89.0 cm³/mol. The SMILES string of the molecule is Cc1ccc(NC(=O)CN(C)C(=O)COC(=O)c2cc(C)no2)cc1. The van der Waals surface area contributed by atoms with Gasteiger partial charge in [-0.3, -0.25) is 9.59 Å². The van der Waals surface area contributed by atoms with Crippen molar-refractivity contribution in [1.29, 1.82) is 0 Å². The van der Waals surface area contributed by atoms with Gasteiger partial charge >= 0.3 is 5.97 Å². The third-order valence-corrected chi connectivity index (χ3v) is 3.30. The Morgan fingerprint density at radius 2 is 1.88 bits per heavy atom. The first-order valence-electron chi connectivity index (χ1n) is 7.56. The highest BCUT2D eigenvalue weighted by Crippen LogP contribution is 2.08. The summed E-state index contributed by atoms with van der Waals surface area (Å²) in [4.78, 5) is 36.7. The average molecular weight is 345 g/mol. The van der Waals surface area contributed by atoms with Crippen LogP contribution < -0.4 is 5.32 Å². The van der Waals surface area contributed by atoms with E-state index in [1.807, 2.05) is 19.1 Å². The Bertz CT molecular complexity index is 767. The van der Waals surface area contributed by atoms with E-state index >= 15 is 0 Å². The van der Waals surface area contributed by atoms with E-state index in [9.17, 15) is 14.4 Å². The third-order valence-electron chi connectivity index (χ3n) is 3.30. The van der Waals surface area contributed by atoms with Crippen molar-refractivity contribution in [2.45, 2.75) is 13.8 Å². The summed E-state index contributed by atoms with van der Waals surface area (Å²) in [5.41, 5.74) is 2.25. The van der Waals surface area contributed by atoms with Gasteiger partial charge in [-0.2, -0.15) is 0 Å². The monoisotopic (exact) mass is 345 g/mol. The third kappa shape index (κ3) is 5.45. The second kappa shape index (κ2) is 8.09. The van der Waals surface area contributed by atoms with Crippen LogP contribution in [-0.4, -0.2) is 48.0 Å². The van der Waals surface area contributed by atoms with Crippen LogP contribution in [0.2, 0.25) is 0 Å². The Morgan fingerprint density at radius 1 is 1.20 bits per heavy atom. The first-order chi connectivity index (χ1) is 11.8. The van der Waals surface area contributed by atoms with Crippen molar-refractivity contribution in [1.82, 2.24) is 10.1 Å². The summed E-state index contributed by atoms with van der Waals surface area (Å²) in [7, 11) is 1.45. The molecule has 8 nitrogen and oxygen atoms in total. The van der Waals surface area contributed by atoms with Crippen molar-refractivity contribution >= 4 is 23.5 Å². The van der Waals surface area contributed by atoms with Crippen molar-refractivity contribution in [2.24, 2.45) is 0 Å². The van der Waals surface area contributed by atoms with Crippen LogP contribution in [0.4, 0.5) is 5.69 Å². The molecule has 0 spiro atoms. The molecule has 1 aromatic heterocycles. The molecule has 25 heavy (non-hydrogen) atoms.